The Morgan fingerprint density at radius 1 is 1.06 bits per heavy atom. The highest BCUT2D eigenvalue weighted by Gasteiger charge is 2.32. The molecule has 9 heteroatoms. The topological polar surface area (TPSA) is 95.1 Å². The van der Waals surface area contributed by atoms with Crippen LogP contribution in [0.25, 0.3) is 21.6 Å². The van der Waals surface area contributed by atoms with E-state index in [-0.39, 0.29) is 18.2 Å². The molecule has 1 N–H and O–H groups in total. The molecule has 5 rings (SSSR count). The number of benzene rings is 1. The summed E-state index contributed by atoms with van der Waals surface area (Å²) in [4.78, 5) is 42.2. The van der Waals surface area contributed by atoms with Gasteiger partial charge in [0.2, 0.25) is 5.91 Å². The first kappa shape index (κ1) is 19.4. The quantitative estimate of drug-likeness (QED) is 0.522. The number of aryl methyl sites for hydroxylation is 1. The van der Waals surface area contributed by atoms with Crippen LogP contribution < -0.4 is 0 Å². The zero-order valence-corrected chi connectivity index (χ0v) is 17.5. The molecule has 0 atom stereocenters. The van der Waals surface area contributed by atoms with Crippen LogP contribution in [0, 0.1) is 0 Å². The number of fused-ring (bicyclic) bond motifs is 1. The van der Waals surface area contributed by atoms with Gasteiger partial charge in [-0.05, 0) is 30.7 Å². The Kier molecular flexibility index (Phi) is 5.17. The molecule has 8 nitrogen and oxygen atoms in total. The highest BCUT2D eigenvalue weighted by molar-refractivity contribution is 7.13. The molecule has 1 aliphatic heterocycles. The average Bonchev–Trinajstić information content (AvgIpc) is 3.56. The van der Waals surface area contributed by atoms with E-state index < -0.39 is 0 Å². The summed E-state index contributed by atoms with van der Waals surface area (Å²) in [6, 6.07) is 11.5. The SMILES string of the molecule is O=C(CCc1nc2ccccc2[nH]1)N1CCCN1C(=O)c1csc(-c2cccnc2)n1. The molecule has 3 aromatic heterocycles. The molecule has 156 valence electrons. The monoisotopic (exact) mass is 432 g/mol. The third-order valence-corrected chi connectivity index (χ3v) is 6.09. The number of rotatable bonds is 5. The number of carbonyl (C=O) groups is 2. The molecule has 1 aromatic carbocycles. The van der Waals surface area contributed by atoms with Crippen molar-refractivity contribution in [1.29, 1.82) is 0 Å². The third-order valence-electron chi connectivity index (χ3n) is 5.20. The van der Waals surface area contributed by atoms with Crippen LogP contribution in [-0.2, 0) is 11.2 Å². The van der Waals surface area contributed by atoms with E-state index in [4.69, 9.17) is 0 Å². The van der Waals surface area contributed by atoms with Crippen LogP contribution in [0.15, 0.2) is 54.2 Å². The van der Waals surface area contributed by atoms with Gasteiger partial charge in [0.25, 0.3) is 5.91 Å². The summed E-state index contributed by atoms with van der Waals surface area (Å²) in [5.74, 6) is 0.433. The van der Waals surface area contributed by atoms with Crippen LogP contribution in [0.4, 0.5) is 0 Å². The normalized spacial score (nSPS) is 13.8. The van der Waals surface area contributed by atoms with Crippen LogP contribution in [0.1, 0.15) is 29.2 Å². The predicted octanol–water partition coefficient (Wildman–Crippen LogP) is 3.30. The minimum Gasteiger partial charge on any atom is -0.342 e. The highest BCUT2D eigenvalue weighted by Crippen LogP contribution is 2.25. The number of hydrogen-bond donors (Lipinski definition) is 1. The van der Waals surface area contributed by atoms with Crippen LogP contribution >= 0.6 is 11.3 Å². The number of thiazole rings is 1. The molecular formula is C22H20N6O2S. The summed E-state index contributed by atoms with van der Waals surface area (Å²) in [7, 11) is 0. The smallest absolute Gasteiger partial charge is 0.291 e. The van der Waals surface area contributed by atoms with E-state index >= 15 is 0 Å². The lowest BCUT2D eigenvalue weighted by molar-refractivity contribution is -0.140. The highest BCUT2D eigenvalue weighted by atomic mass is 32.1. The van der Waals surface area contributed by atoms with Gasteiger partial charge < -0.3 is 4.98 Å². The van der Waals surface area contributed by atoms with Gasteiger partial charge >= 0.3 is 0 Å². The number of carbonyl (C=O) groups excluding carboxylic acids is 2. The minimum atomic E-state index is -0.249. The molecule has 0 saturated carbocycles. The summed E-state index contributed by atoms with van der Waals surface area (Å²) >= 11 is 1.39. The second-order valence-electron chi connectivity index (χ2n) is 7.28. The maximum absolute atomic E-state index is 13.0. The number of amides is 2. The number of pyridine rings is 1. The zero-order valence-electron chi connectivity index (χ0n) is 16.7. The fourth-order valence-electron chi connectivity index (χ4n) is 3.69. The second-order valence-corrected chi connectivity index (χ2v) is 8.14. The number of H-pyrrole nitrogens is 1. The first-order chi connectivity index (χ1) is 15.2. The molecule has 4 heterocycles. The Morgan fingerprint density at radius 2 is 1.94 bits per heavy atom. The lowest BCUT2D eigenvalue weighted by Crippen LogP contribution is -2.45. The van der Waals surface area contributed by atoms with Crippen molar-refractivity contribution in [3.05, 3.63) is 65.7 Å². The number of hydrogen-bond acceptors (Lipinski definition) is 6. The van der Waals surface area contributed by atoms with Crippen molar-refractivity contribution in [2.45, 2.75) is 19.3 Å². The lowest BCUT2D eigenvalue weighted by atomic mass is 10.3. The first-order valence-electron chi connectivity index (χ1n) is 10.1. The van der Waals surface area contributed by atoms with Crippen LogP contribution in [0.2, 0.25) is 0 Å². The molecule has 0 spiro atoms. The summed E-state index contributed by atoms with van der Waals surface area (Å²) in [5, 5.41) is 5.54. The number of imidazole rings is 1. The van der Waals surface area contributed by atoms with Crippen molar-refractivity contribution in [3.63, 3.8) is 0 Å². The molecule has 0 aliphatic carbocycles. The zero-order chi connectivity index (χ0) is 21.2. The minimum absolute atomic E-state index is 0.0889. The van der Waals surface area contributed by atoms with Crippen molar-refractivity contribution in [2.24, 2.45) is 0 Å². The van der Waals surface area contributed by atoms with Crippen molar-refractivity contribution < 1.29 is 9.59 Å². The molecule has 0 unspecified atom stereocenters. The molecule has 0 radical (unpaired) electrons. The Hall–Kier alpha value is -3.59. The number of nitrogens with one attached hydrogen (secondary N) is 1. The number of hydrazine groups is 1. The maximum atomic E-state index is 13.0. The van der Waals surface area contributed by atoms with Gasteiger partial charge in [0.15, 0.2) is 0 Å². The van der Waals surface area contributed by atoms with Crippen molar-refractivity contribution in [1.82, 2.24) is 30.0 Å². The Morgan fingerprint density at radius 3 is 2.77 bits per heavy atom. The molecular weight excluding hydrogens is 412 g/mol. The summed E-state index contributed by atoms with van der Waals surface area (Å²) < 4.78 is 0. The Bertz CT molecular complexity index is 1200. The largest absolute Gasteiger partial charge is 0.342 e. The summed E-state index contributed by atoms with van der Waals surface area (Å²) in [6.45, 7) is 1.04. The van der Waals surface area contributed by atoms with E-state index in [1.165, 1.54) is 16.3 Å². The van der Waals surface area contributed by atoms with Gasteiger partial charge in [0.1, 0.15) is 16.5 Å². The van der Waals surface area contributed by atoms with E-state index in [1.54, 1.807) is 22.8 Å². The van der Waals surface area contributed by atoms with E-state index in [0.29, 0.717) is 25.2 Å². The standard InChI is InChI=1S/C22H20N6O2S/c29-20(9-8-19-24-16-6-1-2-7-17(16)25-19)27-11-4-12-28(27)22(30)18-14-31-21(26-18)15-5-3-10-23-13-15/h1-3,5-7,10,13-14H,4,8-9,11-12H2,(H,24,25). The van der Waals surface area contributed by atoms with Gasteiger partial charge in [0.05, 0.1) is 11.0 Å². The first-order valence-corrected chi connectivity index (χ1v) is 11.0. The number of para-hydroxylation sites is 2. The van der Waals surface area contributed by atoms with Gasteiger partial charge in [-0.2, -0.15) is 0 Å². The number of aromatic amines is 1. The molecule has 1 fully saturated rings. The van der Waals surface area contributed by atoms with Gasteiger partial charge in [-0.25, -0.2) is 15.0 Å². The molecule has 1 aliphatic rings. The van der Waals surface area contributed by atoms with E-state index in [1.807, 2.05) is 36.4 Å². The summed E-state index contributed by atoms with van der Waals surface area (Å²) in [6.07, 6.45) is 4.94. The average molecular weight is 433 g/mol. The van der Waals surface area contributed by atoms with Crippen LogP contribution in [0.3, 0.4) is 0 Å². The van der Waals surface area contributed by atoms with Gasteiger partial charge in [-0.15, -0.1) is 11.3 Å². The maximum Gasteiger partial charge on any atom is 0.291 e. The fraction of sp³-hybridized carbons (Fsp3) is 0.227. The number of aromatic nitrogens is 4. The Labute approximate surface area is 182 Å². The van der Waals surface area contributed by atoms with Crippen molar-refractivity contribution >= 4 is 34.2 Å². The summed E-state index contributed by atoms with van der Waals surface area (Å²) in [5.41, 5.74) is 3.05. The second kappa shape index (κ2) is 8.27. The molecule has 31 heavy (non-hydrogen) atoms. The number of nitrogens with zero attached hydrogens (tertiary/aromatic N) is 5. The molecule has 1 saturated heterocycles. The van der Waals surface area contributed by atoms with Crippen molar-refractivity contribution in [3.8, 4) is 10.6 Å². The van der Waals surface area contributed by atoms with Crippen LogP contribution in [-0.4, -0.2) is 54.9 Å². The molecule has 0 bridgehead atoms. The van der Waals surface area contributed by atoms with E-state index in [0.717, 1.165) is 33.8 Å². The van der Waals surface area contributed by atoms with Crippen LogP contribution in [0.5, 0.6) is 0 Å². The van der Waals surface area contributed by atoms with Gasteiger partial charge in [-0.1, -0.05) is 12.1 Å². The van der Waals surface area contributed by atoms with Gasteiger partial charge in [0, 0.05) is 49.3 Å². The van der Waals surface area contributed by atoms with E-state index in [2.05, 4.69) is 19.9 Å². The Balaban J connectivity index is 1.26. The predicted molar refractivity (Wildman–Crippen MR) is 117 cm³/mol. The van der Waals surface area contributed by atoms with E-state index in [9.17, 15) is 9.59 Å². The van der Waals surface area contributed by atoms with Gasteiger partial charge in [-0.3, -0.25) is 19.6 Å². The third kappa shape index (κ3) is 3.91. The fourth-order valence-corrected chi connectivity index (χ4v) is 4.47. The van der Waals surface area contributed by atoms with Crippen molar-refractivity contribution in [2.75, 3.05) is 13.1 Å². The molecule has 2 amide bonds. The molecule has 4 aromatic rings. The lowest BCUT2D eigenvalue weighted by Gasteiger charge is -2.27.